The first kappa shape index (κ1) is 23.6. The van der Waals surface area contributed by atoms with E-state index in [2.05, 4.69) is 20.8 Å². The van der Waals surface area contributed by atoms with Crippen molar-refractivity contribution in [3.8, 4) is 16.9 Å². The number of rotatable bonds is 3. The Hall–Kier alpha value is -4.16. The molecule has 0 aliphatic heterocycles. The zero-order valence-electron chi connectivity index (χ0n) is 19.8. The maximum atomic E-state index is 12.7. The minimum Gasteiger partial charge on any atom is -0.423 e. The molecule has 5 aromatic rings. The molecule has 0 spiro atoms. The fraction of sp³-hybridized carbons (Fsp3) is 0.138. The first-order valence-corrected chi connectivity index (χ1v) is 11.6. The van der Waals surface area contributed by atoms with Crippen molar-refractivity contribution in [1.82, 2.24) is 0 Å². The lowest BCUT2D eigenvalue weighted by Gasteiger charge is -2.18. The number of benzene rings is 3. The molecule has 3 aromatic carbocycles. The van der Waals surface area contributed by atoms with Gasteiger partial charge in [0, 0.05) is 33.5 Å². The summed E-state index contributed by atoms with van der Waals surface area (Å²) in [5.41, 5.74) is 1.26. The Labute approximate surface area is 210 Å². The van der Waals surface area contributed by atoms with Gasteiger partial charge in [0.15, 0.2) is 0 Å². The highest BCUT2D eigenvalue weighted by molar-refractivity contribution is 6.31. The van der Waals surface area contributed by atoms with Crippen LogP contribution in [0.3, 0.4) is 0 Å². The van der Waals surface area contributed by atoms with Crippen LogP contribution in [0.4, 0.5) is 0 Å². The molecule has 2 aromatic heterocycles. The summed E-state index contributed by atoms with van der Waals surface area (Å²) in [6.45, 7) is 6.28. The van der Waals surface area contributed by atoms with Crippen molar-refractivity contribution in [2.45, 2.75) is 26.2 Å². The molecule has 0 saturated carbocycles. The summed E-state index contributed by atoms with van der Waals surface area (Å²) >= 11 is 6.08. The Balaban J connectivity index is 1.52. The molecule has 0 atom stereocenters. The number of ether oxygens (including phenoxy) is 1. The molecule has 0 radical (unpaired) electrons. The van der Waals surface area contributed by atoms with E-state index in [1.807, 2.05) is 12.1 Å². The van der Waals surface area contributed by atoms with E-state index in [4.69, 9.17) is 25.2 Å². The fourth-order valence-electron chi connectivity index (χ4n) is 3.98. The number of halogens is 1. The third kappa shape index (κ3) is 4.55. The molecule has 180 valence electrons. The molecule has 2 heterocycles. The van der Waals surface area contributed by atoms with Crippen molar-refractivity contribution in [3.63, 3.8) is 0 Å². The standard InChI is InChI=1S/C29H21ClO6/c1-29(2,3)18-6-4-16(5-7-18)27(32)34-20-9-10-21-22(15-26(31)35-25(21)14-20)23-13-17-12-19(30)8-11-24(17)36-28(23)33/h4-15H,1-3H3. The van der Waals surface area contributed by atoms with Crippen molar-refractivity contribution in [2.24, 2.45) is 0 Å². The smallest absolute Gasteiger partial charge is 0.344 e. The summed E-state index contributed by atoms with van der Waals surface area (Å²) in [6.07, 6.45) is 0. The van der Waals surface area contributed by atoms with Crippen molar-refractivity contribution in [3.05, 3.63) is 110 Å². The number of fused-ring (bicyclic) bond motifs is 2. The second-order valence-corrected chi connectivity index (χ2v) is 9.92. The van der Waals surface area contributed by atoms with E-state index in [0.29, 0.717) is 32.5 Å². The number of hydrogen-bond acceptors (Lipinski definition) is 6. The quantitative estimate of drug-likeness (QED) is 0.155. The highest BCUT2D eigenvalue weighted by atomic mass is 35.5. The predicted molar refractivity (Wildman–Crippen MR) is 139 cm³/mol. The lowest BCUT2D eigenvalue weighted by Crippen LogP contribution is -2.13. The average Bonchev–Trinajstić information content (AvgIpc) is 2.82. The summed E-state index contributed by atoms with van der Waals surface area (Å²) in [7, 11) is 0. The molecule has 0 amide bonds. The summed E-state index contributed by atoms with van der Waals surface area (Å²) in [5.74, 6) is -0.342. The van der Waals surface area contributed by atoms with E-state index in [1.165, 1.54) is 12.1 Å². The Kier molecular flexibility index (Phi) is 5.77. The summed E-state index contributed by atoms with van der Waals surface area (Å²) in [4.78, 5) is 37.8. The predicted octanol–water partition coefficient (Wildman–Crippen LogP) is 6.74. The van der Waals surface area contributed by atoms with Gasteiger partial charge in [-0.3, -0.25) is 0 Å². The first-order chi connectivity index (χ1) is 17.1. The molecule has 0 unspecified atom stereocenters. The molecule has 36 heavy (non-hydrogen) atoms. The van der Waals surface area contributed by atoms with Crippen LogP contribution in [-0.4, -0.2) is 5.97 Å². The molecular formula is C29H21ClO6. The largest absolute Gasteiger partial charge is 0.423 e. The molecule has 7 heteroatoms. The van der Waals surface area contributed by atoms with Gasteiger partial charge in [-0.25, -0.2) is 14.4 Å². The van der Waals surface area contributed by atoms with Crippen LogP contribution in [0.5, 0.6) is 5.75 Å². The lowest BCUT2D eigenvalue weighted by molar-refractivity contribution is 0.0735. The number of carbonyl (C=O) groups is 1. The van der Waals surface area contributed by atoms with Crippen molar-refractivity contribution in [2.75, 3.05) is 0 Å². The number of carbonyl (C=O) groups excluding carboxylic acids is 1. The third-order valence-corrected chi connectivity index (χ3v) is 6.13. The van der Waals surface area contributed by atoms with Crippen LogP contribution in [0, 0.1) is 0 Å². The van der Waals surface area contributed by atoms with E-state index < -0.39 is 17.2 Å². The minimum absolute atomic E-state index is 0.0371. The molecule has 0 fully saturated rings. The van der Waals surface area contributed by atoms with E-state index in [0.717, 1.165) is 5.56 Å². The normalized spacial score (nSPS) is 11.7. The van der Waals surface area contributed by atoms with Gasteiger partial charge in [0.1, 0.15) is 16.9 Å². The van der Waals surface area contributed by atoms with E-state index in [9.17, 15) is 14.4 Å². The van der Waals surface area contributed by atoms with E-state index in [-0.39, 0.29) is 22.3 Å². The zero-order valence-corrected chi connectivity index (χ0v) is 20.5. The molecule has 0 aliphatic carbocycles. The van der Waals surface area contributed by atoms with Crippen LogP contribution >= 0.6 is 11.6 Å². The summed E-state index contributed by atoms with van der Waals surface area (Å²) in [5, 5.41) is 1.58. The Bertz CT molecular complexity index is 1750. The fourth-order valence-corrected chi connectivity index (χ4v) is 4.16. The van der Waals surface area contributed by atoms with Gasteiger partial charge >= 0.3 is 17.2 Å². The zero-order chi connectivity index (χ0) is 25.6. The molecule has 6 nitrogen and oxygen atoms in total. The van der Waals surface area contributed by atoms with Crippen molar-refractivity contribution in [1.29, 1.82) is 0 Å². The van der Waals surface area contributed by atoms with E-state index >= 15 is 0 Å². The molecule has 0 aliphatic rings. The van der Waals surface area contributed by atoms with Gasteiger partial charge in [-0.05, 0) is 59.5 Å². The highest BCUT2D eigenvalue weighted by Gasteiger charge is 2.17. The maximum Gasteiger partial charge on any atom is 0.344 e. The first-order valence-electron chi connectivity index (χ1n) is 11.2. The van der Waals surface area contributed by atoms with Crippen LogP contribution in [0.25, 0.3) is 33.1 Å². The van der Waals surface area contributed by atoms with Crippen molar-refractivity contribution < 1.29 is 18.4 Å². The van der Waals surface area contributed by atoms with E-state index in [1.54, 1.807) is 48.5 Å². The van der Waals surface area contributed by atoms with Crippen LogP contribution in [0.1, 0.15) is 36.7 Å². The minimum atomic E-state index is -0.663. The topological polar surface area (TPSA) is 86.7 Å². The monoisotopic (exact) mass is 500 g/mol. The van der Waals surface area contributed by atoms with Gasteiger partial charge < -0.3 is 13.6 Å². The lowest BCUT2D eigenvalue weighted by atomic mass is 9.87. The van der Waals surface area contributed by atoms with Gasteiger partial charge in [-0.2, -0.15) is 0 Å². The van der Waals surface area contributed by atoms with Gasteiger partial charge in [0.25, 0.3) is 0 Å². The maximum absolute atomic E-state index is 12.7. The summed E-state index contributed by atoms with van der Waals surface area (Å²) < 4.78 is 16.3. The van der Waals surface area contributed by atoms with Gasteiger partial charge in [-0.15, -0.1) is 0 Å². The van der Waals surface area contributed by atoms with Gasteiger partial charge in [0.2, 0.25) is 0 Å². The van der Waals surface area contributed by atoms with Gasteiger partial charge in [0.05, 0.1) is 11.1 Å². The SMILES string of the molecule is CC(C)(C)c1ccc(C(=O)Oc2ccc3c(-c4cc5cc(Cl)ccc5oc4=O)cc(=O)oc3c2)cc1. The van der Waals surface area contributed by atoms with Crippen LogP contribution in [-0.2, 0) is 5.41 Å². The average molecular weight is 501 g/mol. The molecule has 0 N–H and O–H groups in total. The third-order valence-electron chi connectivity index (χ3n) is 5.90. The van der Waals surface area contributed by atoms with Crippen LogP contribution in [0.2, 0.25) is 5.02 Å². The highest BCUT2D eigenvalue weighted by Crippen LogP contribution is 2.31. The second-order valence-electron chi connectivity index (χ2n) is 9.48. The van der Waals surface area contributed by atoms with Gasteiger partial charge in [-0.1, -0.05) is 44.5 Å². The molecular weight excluding hydrogens is 480 g/mol. The van der Waals surface area contributed by atoms with Crippen LogP contribution < -0.4 is 16.0 Å². The Morgan fingerprint density at radius 1 is 0.806 bits per heavy atom. The Morgan fingerprint density at radius 2 is 1.56 bits per heavy atom. The Morgan fingerprint density at radius 3 is 2.28 bits per heavy atom. The molecule has 0 saturated heterocycles. The summed E-state index contributed by atoms with van der Waals surface area (Å²) in [6, 6.07) is 19.6. The molecule has 5 rings (SSSR count). The molecule has 0 bridgehead atoms. The van der Waals surface area contributed by atoms with Crippen molar-refractivity contribution >= 4 is 39.5 Å². The number of hydrogen-bond donors (Lipinski definition) is 0. The number of esters is 1. The second kappa shape index (κ2) is 8.81. The van der Waals surface area contributed by atoms with Crippen LogP contribution in [0.15, 0.2) is 91.2 Å².